The highest BCUT2D eigenvalue weighted by Crippen LogP contribution is 2.16. The van der Waals surface area contributed by atoms with Crippen LogP contribution in [0.4, 0.5) is 0 Å². The van der Waals surface area contributed by atoms with E-state index in [0.717, 1.165) is 0 Å². The average Bonchev–Trinajstić information content (AvgIpc) is 2.39. The minimum atomic E-state index is -0.215. The van der Waals surface area contributed by atoms with Gasteiger partial charge < -0.3 is 14.5 Å². The van der Waals surface area contributed by atoms with E-state index in [-0.39, 0.29) is 11.4 Å². The van der Waals surface area contributed by atoms with Crippen molar-refractivity contribution in [1.29, 1.82) is 0 Å². The molecule has 5 nitrogen and oxygen atoms in total. The number of alkyl halides is 1. The number of aromatic nitrogens is 2. The molecule has 2 rings (SSSR count). The van der Waals surface area contributed by atoms with Gasteiger partial charge in [0, 0.05) is 7.11 Å². The van der Waals surface area contributed by atoms with Gasteiger partial charge in [0.2, 0.25) is 0 Å². The second-order valence-corrected chi connectivity index (χ2v) is 3.93. The zero-order chi connectivity index (χ0) is 13.0. The van der Waals surface area contributed by atoms with Crippen molar-refractivity contribution in [3.8, 4) is 5.75 Å². The third-order valence-electron chi connectivity index (χ3n) is 2.41. The minimum Gasteiger partial charge on any atom is -0.491 e. The van der Waals surface area contributed by atoms with Crippen LogP contribution in [0.15, 0.2) is 23.0 Å². The molecule has 0 aliphatic rings. The zero-order valence-corrected chi connectivity index (χ0v) is 10.7. The molecule has 0 fully saturated rings. The molecular weight excluding hydrogens is 256 g/mol. The summed E-state index contributed by atoms with van der Waals surface area (Å²) in [5.41, 5.74) is 0.390. The number of H-pyrrole nitrogens is 1. The summed E-state index contributed by atoms with van der Waals surface area (Å²) >= 11 is 5.64. The number of methoxy groups -OCH3 is 1. The Bertz CT molecular complexity index is 597. The molecule has 0 saturated heterocycles. The summed E-state index contributed by atoms with van der Waals surface area (Å²) < 4.78 is 10.3. The van der Waals surface area contributed by atoms with Crippen LogP contribution < -0.4 is 10.3 Å². The SMILES string of the molecule is COCCOc1ccc2nc(CCl)[nH]c(=O)c2c1. The molecule has 18 heavy (non-hydrogen) atoms. The van der Waals surface area contributed by atoms with E-state index in [4.69, 9.17) is 21.1 Å². The van der Waals surface area contributed by atoms with Crippen LogP contribution in [0.25, 0.3) is 10.9 Å². The lowest BCUT2D eigenvalue weighted by Gasteiger charge is -2.06. The number of benzene rings is 1. The van der Waals surface area contributed by atoms with E-state index < -0.39 is 0 Å². The van der Waals surface area contributed by atoms with E-state index in [1.165, 1.54) is 0 Å². The van der Waals surface area contributed by atoms with Gasteiger partial charge in [-0.25, -0.2) is 4.98 Å². The number of ether oxygens (including phenoxy) is 2. The Kier molecular flexibility index (Phi) is 4.17. The molecule has 96 valence electrons. The van der Waals surface area contributed by atoms with Crippen molar-refractivity contribution in [1.82, 2.24) is 9.97 Å². The molecule has 0 spiro atoms. The van der Waals surface area contributed by atoms with Crippen LogP contribution in [-0.2, 0) is 10.6 Å². The molecule has 1 N–H and O–H groups in total. The van der Waals surface area contributed by atoms with Crippen LogP contribution in [0.2, 0.25) is 0 Å². The topological polar surface area (TPSA) is 64.2 Å². The van der Waals surface area contributed by atoms with Crippen molar-refractivity contribution in [3.05, 3.63) is 34.4 Å². The second kappa shape index (κ2) is 5.84. The van der Waals surface area contributed by atoms with Gasteiger partial charge in [-0.2, -0.15) is 0 Å². The van der Waals surface area contributed by atoms with Crippen molar-refractivity contribution in [2.75, 3.05) is 20.3 Å². The Hall–Kier alpha value is -1.59. The van der Waals surface area contributed by atoms with E-state index in [1.807, 2.05) is 0 Å². The van der Waals surface area contributed by atoms with E-state index in [0.29, 0.717) is 35.7 Å². The van der Waals surface area contributed by atoms with Crippen molar-refractivity contribution in [3.63, 3.8) is 0 Å². The molecule has 6 heteroatoms. The maximum absolute atomic E-state index is 11.8. The Morgan fingerprint density at radius 2 is 2.22 bits per heavy atom. The molecule has 1 aromatic heterocycles. The summed E-state index contributed by atoms with van der Waals surface area (Å²) in [5, 5.41) is 0.485. The molecule has 0 radical (unpaired) electrons. The third-order valence-corrected chi connectivity index (χ3v) is 2.66. The van der Waals surface area contributed by atoms with Crippen LogP contribution in [0.1, 0.15) is 5.82 Å². The molecule has 0 atom stereocenters. The van der Waals surface area contributed by atoms with E-state index in [2.05, 4.69) is 9.97 Å². The Morgan fingerprint density at radius 1 is 1.39 bits per heavy atom. The number of nitrogens with zero attached hydrogens (tertiary/aromatic N) is 1. The molecule has 0 unspecified atom stereocenters. The summed E-state index contributed by atoms with van der Waals surface area (Å²) in [4.78, 5) is 18.6. The quantitative estimate of drug-likeness (QED) is 0.662. The van der Waals surface area contributed by atoms with Gasteiger partial charge >= 0.3 is 0 Å². The fraction of sp³-hybridized carbons (Fsp3) is 0.333. The number of hydrogen-bond acceptors (Lipinski definition) is 4. The lowest BCUT2D eigenvalue weighted by Crippen LogP contribution is -2.11. The standard InChI is InChI=1S/C12H13ClN2O3/c1-17-4-5-18-8-2-3-10-9(6-8)12(16)15-11(7-13)14-10/h2-3,6H,4-5,7H2,1H3,(H,14,15,16). The van der Waals surface area contributed by atoms with Crippen molar-refractivity contribution >= 4 is 22.5 Å². The molecule has 0 aliphatic carbocycles. The summed E-state index contributed by atoms with van der Waals surface area (Å²) in [7, 11) is 1.60. The summed E-state index contributed by atoms with van der Waals surface area (Å²) in [6.07, 6.45) is 0. The van der Waals surface area contributed by atoms with Crippen LogP contribution in [0.5, 0.6) is 5.75 Å². The first kappa shape index (κ1) is 12.9. The minimum absolute atomic E-state index is 0.178. The van der Waals surface area contributed by atoms with Crippen LogP contribution in [-0.4, -0.2) is 30.3 Å². The molecule has 2 aromatic rings. The molecular formula is C12H13ClN2O3. The zero-order valence-electron chi connectivity index (χ0n) is 9.90. The molecule has 1 aromatic carbocycles. The normalized spacial score (nSPS) is 10.8. The molecule has 0 amide bonds. The van der Waals surface area contributed by atoms with Crippen molar-refractivity contribution in [2.45, 2.75) is 5.88 Å². The van der Waals surface area contributed by atoms with Gasteiger partial charge in [-0.1, -0.05) is 0 Å². The predicted molar refractivity (Wildman–Crippen MR) is 69.3 cm³/mol. The van der Waals surface area contributed by atoms with Gasteiger partial charge in [0.05, 0.1) is 23.4 Å². The highest BCUT2D eigenvalue weighted by Gasteiger charge is 2.05. The van der Waals surface area contributed by atoms with Gasteiger partial charge in [-0.15, -0.1) is 11.6 Å². The first-order valence-corrected chi connectivity index (χ1v) is 5.98. The first-order valence-electron chi connectivity index (χ1n) is 5.45. The Morgan fingerprint density at radius 3 is 2.94 bits per heavy atom. The number of aromatic amines is 1. The van der Waals surface area contributed by atoms with E-state index in [9.17, 15) is 4.79 Å². The summed E-state index contributed by atoms with van der Waals surface area (Å²) in [5.74, 6) is 1.25. The maximum atomic E-state index is 11.8. The number of fused-ring (bicyclic) bond motifs is 1. The van der Waals surface area contributed by atoms with Gasteiger partial charge in [0.1, 0.15) is 18.2 Å². The fourth-order valence-corrected chi connectivity index (χ4v) is 1.69. The monoisotopic (exact) mass is 268 g/mol. The van der Waals surface area contributed by atoms with Gasteiger partial charge in [0.15, 0.2) is 0 Å². The number of rotatable bonds is 5. The first-order chi connectivity index (χ1) is 8.74. The third kappa shape index (κ3) is 2.80. The van der Waals surface area contributed by atoms with Crippen molar-refractivity contribution in [2.24, 2.45) is 0 Å². The average molecular weight is 269 g/mol. The van der Waals surface area contributed by atoms with Crippen LogP contribution in [0.3, 0.4) is 0 Å². The molecule has 0 aliphatic heterocycles. The smallest absolute Gasteiger partial charge is 0.258 e. The fourth-order valence-electron chi connectivity index (χ4n) is 1.56. The van der Waals surface area contributed by atoms with Gasteiger partial charge in [-0.3, -0.25) is 4.79 Å². The maximum Gasteiger partial charge on any atom is 0.258 e. The van der Waals surface area contributed by atoms with Crippen LogP contribution in [0, 0.1) is 0 Å². The van der Waals surface area contributed by atoms with E-state index >= 15 is 0 Å². The predicted octanol–water partition coefficient (Wildman–Crippen LogP) is 1.69. The number of hydrogen-bond donors (Lipinski definition) is 1. The molecule has 1 heterocycles. The number of nitrogens with one attached hydrogen (secondary N) is 1. The van der Waals surface area contributed by atoms with E-state index in [1.54, 1.807) is 25.3 Å². The Labute approximate surface area is 109 Å². The molecule has 0 saturated carbocycles. The molecule has 0 bridgehead atoms. The van der Waals surface area contributed by atoms with Gasteiger partial charge in [-0.05, 0) is 18.2 Å². The lowest BCUT2D eigenvalue weighted by atomic mass is 10.2. The highest BCUT2D eigenvalue weighted by atomic mass is 35.5. The van der Waals surface area contributed by atoms with Crippen LogP contribution >= 0.6 is 11.6 Å². The second-order valence-electron chi connectivity index (χ2n) is 3.67. The highest BCUT2D eigenvalue weighted by molar-refractivity contribution is 6.16. The summed E-state index contributed by atoms with van der Waals surface area (Å²) in [6.45, 7) is 0.935. The number of halogens is 1. The Balaban J connectivity index is 2.33. The lowest BCUT2D eigenvalue weighted by molar-refractivity contribution is 0.146. The largest absolute Gasteiger partial charge is 0.491 e. The van der Waals surface area contributed by atoms with Crippen molar-refractivity contribution < 1.29 is 9.47 Å². The van der Waals surface area contributed by atoms with Gasteiger partial charge in [0.25, 0.3) is 5.56 Å². The summed E-state index contributed by atoms with van der Waals surface area (Å²) in [6, 6.07) is 5.17.